The molecule has 0 aliphatic rings. The zero-order valence-corrected chi connectivity index (χ0v) is 13.6. The molecule has 0 rings (SSSR count). The molecule has 8 nitrogen and oxygen atoms in total. The molecule has 3 atom stereocenters. The number of unbranched alkanes of at least 4 members (excludes halogenated alkanes) is 1. The Bertz CT molecular complexity index is 375. The van der Waals surface area contributed by atoms with Gasteiger partial charge in [0.15, 0.2) is 0 Å². The van der Waals surface area contributed by atoms with Crippen LogP contribution in [0.1, 0.15) is 33.6 Å². The average molecular weight is 317 g/mol. The Morgan fingerprint density at radius 2 is 1.68 bits per heavy atom. The summed E-state index contributed by atoms with van der Waals surface area (Å²) in [5.74, 6) is -2.06. The van der Waals surface area contributed by atoms with E-state index in [0.717, 1.165) is 12.8 Å². The summed E-state index contributed by atoms with van der Waals surface area (Å²) in [5.41, 5.74) is 0. The highest BCUT2D eigenvalue weighted by molar-refractivity contribution is 5.91. The van der Waals surface area contributed by atoms with Gasteiger partial charge in [-0.25, -0.2) is 0 Å². The third-order valence-electron chi connectivity index (χ3n) is 3.07. The van der Waals surface area contributed by atoms with Crippen LogP contribution in [-0.2, 0) is 19.1 Å². The van der Waals surface area contributed by atoms with E-state index in [4.69, 9.17) is 9.84 Å². The van der Waals surface area contributed by atoms with E-state index in [1.54, 1.807) is 7.05 Å². The Kier molecular flexibility index (Phi) is 10.1. The first-order valence-corrected chi connectivity index (χ1v) is 7.42. The zero-order chi connectivity index (χ0) is 17.1. The highest BCUT2D eigenvalue weighted by Crippen LogP contribution is 1.94. The van der Waals surface area contributed by atoms with Crippen LogP contribution in [0.15, 0.2) is 0 Å². The summed E-state index contributed by atoms with van der Waals surface area (Å²) in [6.45, 7) is 5.68. The van der Waals surface area contributed by atoms with E-state index in [9.17, 15) is 14.4 Å². The Morgan fingerprint density at radius 3 is 2.18 bits per heavy atom. The number of carbonyl (C=O) groups excluding carboxylic acids is 2. The Labute approximate surface area is 131 Å². The van der Waals surface area contributed by atoms with E-state index in [2.05, 4.69) is 16.0 Å². The van der Waals surface area contributed by atoms with Gasteiger partial charge in [0, 0.05) is 6.61 Å². The molecule has 128 valence electrons. The Balaban J connectivity index is 4.29. The van der Waals surface area contributed by atoms with Crippen molar-refractivity contribution in [1.29, 1.82) is 0 Å². The summed E-state index contributed by atoms with van der Waals surface area (Å²) in [5, 5.41) is 16.4. The predicted molar refractivity (Wildman–Crippen MR) is 81.4 cm³/mol. The second-order valence-electron chi connectivity index (χ2n) is 5.07. The fraction of sp³-hybridized carbons (Fsp3) is 0.786. The lowest BCUT2D eigenvalue weighted by Gasteiger charge is -2.20. The SMILES string of the molecule is CCCCOC[C@@H](NC)C(=O)N[C@H](C)C(=O)N[C@H](C)C(=O)O. The molecule has 22 heavy (non-hydrogen) atoms. The standard InChI is InChI=1S/C14H27N3O5/c1-5-6-7-22-8-11(15-4)13(19)16-9(2)12(18)17-10(3)14(20)21/h9-11,15H,5-8H2,1-4H3,(H,16,19)(H,17,18)(H,20,21)/t9-,10-,11-/m1/s1. The normalized spacial score (nSPS) is 14.7. The lowest BCUT2D eigenvalue weighted by atomic mass is 10.2. The van der Waals surface area contributed by atoms with Crippen molar-refractivity contribution in [1.82, 2.24) is 16.0 Å². The van der Waals surface area contributed by atoms with Crippen LogP contribution in [-0.4, -0.2) is 61.3 Å². The molecule has 4 N–H and O–H groups in total. The summed E-state index contributed by atoms with van der Waals surface area (Å²) >= 11 is 0. The van der Waals surface area contributed by atoms with Crippen molar-refractivity contribution >= 4 is 17.8 Å². The third-order valence-corrected chi connectivity index (χ3v) is 3.07. The lowest BCUT2D eigenvalue weighted by Crippen LogP contribution is -2.54. The highest BCUT2D eigenvalue weighted by Gasteiger charge is 2.23. The smallest absolute Gasteiger partial charge is 0.325 e. The molecule has 0 fully saturated rings. The summed E-state index contributed by atoms with van der Waals surface area (Å²) in [4.78, 5) is 34.5. The molecule has 8 heteroatoms. The second-order valence-corrected chi connectivity index (χ2v) is 5.07. The first-order chi connectivity index (χ1) is 10.3. The fourth-order valence-corrected chi connectivity index (χ4v) is 1.52. The fourth-order valence-electron chi connectivity index (χ4n) is 1.52. The van der Waals surface area contributed by atoms with Crippen LogP contribution in [0.3, 0.4) is 0 Å². The average Bonchev–Trinajstić information content (AvgIpc) is 2.46. The van der Waals surface area contributed by atoms with Crippen molar-refractivity contribution in [3.63, 3.8) is 0 Å². The van der Waals surface area contributed by atoms with Crippen LogP contribution in [0.4, 0.5) is 0 Å². The molecule has 0 saturated heterocycles. The van der Waals surface area contributed by atoms with E-state index in [0.29, 0.717) is 6.61 Å². The molecule has 0 saturated carbocycles. The molecule has 0 unspecified atom stereocenters. The van der Waals surface area contributed by atoms with Gasteiger partial charge in [0.2, 0.25) is 11.8 Å². The Morgan fingerprint density at radius 1 is 1.09 bits per heavy atom. The molecule has 0 heterocycles. The van der Waals surface area contributed by atoms with Crippen molar-refractivity contribution in [3.05, 3.63) is 0 Å². The number of ether oxygens (including phenoxy) is 1. The first kappa shape index (κ1) is 20.3. The number of hydrogen-bond donors (Lipinski definition) is 4. The molecule has 0 aliphatic heterocycles. The largest absolute Gasteiger partial charge is 0.480 e. The van der Waals surface area contributed by atoms with Gasteiger partial charge in [-0.05, 0) is 27.3 Å². The van der Waals surface area contributed by atoms with Gasteiger partial charge in [0.25, 0.3) is 0 Å². The molecule has 0 spiro atoms. The van der Waals surface area contributed by atoms with Gasteiger partial charge >= 0.3 is 5.97 Å². The highest BCUT2D eigenvalue weighted by atomic mass is 16.5. The zero-order valence-electron chi connectivity index (χ0n) is 13.6. The van der Waals surface area contributed by atoms with E-state index >= 15 is 0 Å². The topological polar surface area (TPSA) is 117 Å². The number of aliphatic carboxylic acids is 1. The molecule has 0 aliphatic carbocycles. The summed E-state index contributed by atoms with van der Waals surface area (Å²) in [7, 11) is 1.63. The number of nitrogens with one attached hydrogen (secondary N) is 3. The number of rotatable bonds is 11. The minimum absolute atomic E-state index is 0.211. The van der Waals surface area contributed by atoms with Gasteiger partial charge in [-0.1, -0.05) is 13.3 Å². The van der Waals surface area contributed by atoms with Gasteiger partial charge in [-0.3, -0.25) is 14.4 Å². The number of carboxylic acid groups (broad SMARTS) is 1. The first-order valence-electron chi connectivity index (χ1n) is 7.42. The van der Waals surface area contributed by atoms with Gasteiger partial charge in [0.1, 0.15) is 18.1 Å². The molecular weight excluding hydrogens is 290 g/mol. The maximum Gasteiger partial charge on any atom is 0.325 e. The maximum absolute atomic E-state index is 12.0. The van der Waals surface area contributed by atoms with Gasteiger partial charge < -0.3 is 25.8 Å². The van der Waals surface area contributed by atoms with E-state index in [1.807, 2.05) is 6.92 Å². The Hall–Kier alpha value is -1.67. The summed E-state index contributed by atoms with van der Waals surface area (Å²) < 4.78 is 5.38. The lowest BCUT2D eigenvalue weighted by molar-refractivity contribution is -0.141. The molecule has 0 radical (unpaired) electrons. The van der Waals surface area contributed by atoms with Crippen LogP contribution in [0, 0.1) is 0 Å². The molecule has 0 aromatic rings. The summed E-state index contributed by atoms with van der Waals surface area (Å²) in [6, 6.07) is -2.41. The number of carbonyl (C=O) groups is 3. The summed E-state index contributed by atoms with van der Waals surface area (Å²) in [6.07, 6.45) is 1.93. The quantitative estimate of drug-likeness (QED) is 0.381. The van der Waals surface area contributed by atoms with Crippen LogP contribution in [0.2, 0.25) is 0 Å². The second kappa shape index (κ2) is 11.0. The van der Waals surface area contributed by atoms with Gasteiger partial charge in [0.05, 0.1) is 6.61 Å². The van der Waals surface area contributed by atoms with Crippen molar-refractivity contribution in [2.45, 2.75) is 51.7 Å². The minimum Gasteiger partial charge on any atom is -0.480 e. The molecule has 2 amide bonds. The number of amides is 2. The predicted octanol–water partition coefficient (Wildman–Crippen LogP) is -0.515. The number of carboxylic acids is 1. The van der Waals surface area contributed by atoms with Crippen LogP contribution < -0.4 is 16.0 Å². The van der Waals surface area contributed by atoms with Crippen LogP contribution >= 0.6 is 0 Å². The van der Waals surface area contributed by atoms with Crippen molar-refractivity contribution in [2.24, 2.45) is 0 Å². The van der Waals surface area contributed by atoms with Crippen LogP contribution in [0.25, 0.3) is 0 Å². The monoisotopic (exact) mass is 317 g/mol. The minimum atomic E-state index is -1.13. The van der Waals surface area contributed by atoms with Crippen LogP contribution in [0.5, 0.6) is 0 Å². The third kappa shape index (κ3) is 7.94. The molecular formula is C14H27N3O5. The maximum atomic E-state index is 12.0. The van der Waals surface area contributed by atoms with Crippen molar-refractivity contribution in [3.8, 4) is 0 Å². The van der Waals surface area contributed by atoms with Gasteiger partial charge in [-0.2, -0.15) is 0 Å². The molecule has 0 aromatic carbocycles. The number of hydrogen-bond acceptors (Lipinski definition) is 5. The molecule has 0 bridgehead atoms. The van der Waals surface area contributed by atoms with E-state index in [1.165, 1.54) is 13.8 Å². The van der Waals surface area contributed by atoms with Gasteiger partial charge in [-0.15, -0.1) is 0 Å². The van der Waals surface area contributed by atoms with E-state index in [-0.39, 0.29) is 12.5 Å². The molecule has 0 aromatic heterocycles. The van der Waals surface area contributed by atoms with Crippen molar-refractivity contribution in [2.75, 3.05) is 20.3 Å². The van der Waals surface area contributed by atoms with Crippen molar-refractivity contribution < 1.29 is 24.2 Å². The number of likely N-dealkylation sites (N-methyl/N-ethyl adjacent to an activating group) is 1. The van der Waals surface area contributed by atoms with E-state index < -0.39 is 30.0 Å².